The third-order valence-electron chi connectivity index (χ3n) is 9.00. The van der Waals surface area contributed by atoms with Crippen LogP contribution in [0.25, 0.3) is 22.5 Å². The minimum Gasteiger partial charge on any atom is -0.480 e. The minimum atomic E-state index is -1.67. The van der Waals surface area contributed by atoms with Gasteiger partial charge in [-0.25, -0.2) is 18.1 Å². The molecule has 18 nitrogen and oxygen atoms in total. The number of halogens is 2. The van der Waals surface area contributed by atoms with Gasteiger partial charge in [-0.3, -0.25) is 14.4 Å². The van der Waals surface area contributed by atoms with Crippen LogP contribution in [0.1, 0.15) is 25.4 Å². The van der Waals surface area contributed by atoms with E-state index in [4.69, 9.17) is 14.2 Å². The topological polar surface area (TPSA) is 262 Å². The van der Waals surface area contributed by atoms with Crippen molar-refractivity contribution in [3.8, 4) is 22.5 Å². The highest BCUT2D eigenvalue weighted by Gasteiger charge is 2.52. The smallest absolute Gasteiger partial charge is 0.317 e. The summed E-state index contributed by atoms with van der Waals surface area (Å²) < 4.78 is 47.3. The maximum absolute atomic E-state index is 14.0. The molecule has 300 valence electrons. The van der Waals surface area contributed by atoms with Gasteiger partial charge in [0.1, 0.15) is 94.5 Å². The summed E-state index contributed by atoms with van der Waals surface area (Å²) in [6.07, 6.45) is -7.27. The number of carbonyl (C=O) groups is 3. The van der Waals surface area contributed by atoms with Crippen LogP contribution in [-0.4, -0.2) is 144 Å². The Morgan fingerprint density at radius 3 is 1.79 bits per heavy atom. The fourth-order valence-electron chi connectivity index (χ4n) is 6.27. The van der Waals surface area contributed by atoms with Crippen molar-refractivity contribution in [3.05, 3.63) is 72.6 Å². The molecule has 2 aromatic carbocycles. The second-order valence-corrected chi connectivity index (χ2v) is 15.4. The van der Waals surface area contributed by atoms with Crippen molar-refractivity contribution >= 4 is 40.6 Å². The largest absolute Gasteiger partial charge is 0.480 e. The number of hydrogen-bond acceptors (Lipinski definition) is 17. The quantitative estimate of drug-likeness (QED) is 0.101. The number of aliphatic hydroxyl groups excluding tert-OH is 5. The van der Waals surface area contributed by atoms with E-state index >= 15 is 0 Å². The summed E-state index contributed by atoms with van der Waals surface area (Å²) >= 11 is 1.11. The fourth-order valence-corrected chi connectivity index (χ4v) is 8.32. The van der Waals surface area contributed by atoms with Gasteiger partial charge >= 0.3 is 11.9 Å². The van der Waals surface area contributed by atoms with E-state index in [0.29, 0.717) is 34.7 Å². The lowest BCUT2D eigenvalue weighted by atomic mass is 9.97. The van der Waals surface area contributed by atoms with Crippen LogP contribution in [0.4, 0.5) is 8.78 Å². The highest BCUT2D eigenvalue weighted by Crippen LogP contribution is 2.42. The molecule has 0 bridgehead atoms. The number of aliphatic carboxylic acids is 1. The zero-order valence-corrected chi connectivity index (χ0v) is 30.8. The first-order chi connectivity index (χ1) is 26.7. The lowest BCUT2D eigenvalue weighted by molar-refractivity contribution is -0.193. The van der Waals surface area contributed by atoms with Crippen LogP contribution in [0.15, 0.2) is 60.9 Å². The molecule has 0 aliphatic carbocycles. The summed E-state index contributed by atoms with van der Waals surface area (Å²) in [6, 6.07) is 8.24. The Labute approximate surface area is 324 Å². The first-order valence-corrected chi connectivity index (χ1v) is 18.8. The normalized spacial score (nSPS) is 28.4. The van der Waals surface area contributed by atoms with Gasteiger partial charge in [-0.15, -0.1) is 10.2 Å². The van der Waals surface area contributed by atoms with E-state index in [1.165, 1.54) is 48.8 Å². The Morgan fingerprint density at radius 2 is 1.32 bits per heavy atom. The van der Waals surface area contributed by atoms with Gasteiger partial charge in [0.05, 0.1) is 25.4 Å². The Hall–Kier alpha value is -4.39. The molecule has 11 atom stereocenters. The molecule has 0 radical (unpaired) electrons. The van der Waals surface area contributed by atoms with E-state index in [1.54, 1.807) is 12.1 Å². The van der Waals surface area contributed by atoms with E-state index in [9.17, 15) is 53.8 Å². The third kappa shape index (κ3) is 9.24. The molecule has 6 rings (SSSR count). The van der Waals surface area contributed by atoms with Crippen molar-refractivity contribution in [1.82, 2.24) is 30.0 Å². The molecule has 2 saturated heterocycles. The molecule has 22 heteroatoms. The van der Waals surface area contributed by atoms with Crippen molar-refractivity contribution in [2.45, 2.75) is 78.2 Å². The number of thioether (sulfide) groups is 2. The summed E-state index contributed by atoms with van der Waals surface area (Å²) in [5.41, 5.74) is -1.74. The lowest BCUT2D eigenvalue weighted by Crippen LogP contribution is -2.58. The van der Waals surface area contributed by atoms with Gasteiger partial charge < -0.3 is 44.8 Å². The number of carboxylic acids is 1. The van der Waals surface area contributed by atoms with Crippen molar-refractivity contribution in [3.63, 3.8) is 0 Å². The molecule has 0 spiro atoms. The summed E-state index contributed by atoms with van der Waals surface area (Å²) in [4.78, 5) is 35.8. The lowest BCUT2D eigenvalue weighted by Gasteiger charge is -2.46. The van der Waals surface area contributed by atoms with Crippen molar-refractivity contribution < 1.29 is 68.0 Å². The average Bonchev–Trinajstić information content (AvgIpc) is 3.84. The Kier molecular flexibility index (Phi) is 13.1. The number of carboxylic acid groups (broad SMARTS) is 1. The number of benzene rings is 2. The molecule has 0 saturated carbocycles. The maximum Gasteiger partial charge on any atom is 0.317 e. The zero-order valence-electron chi connectivity index (χ0n) is 29.1. The van der Waals surface area contributed by atoms with Gasteiger partial charge in [-0.05, 0) is 24.3 Å². The fraction of sp³-hybridized carbons (Fsp3) is 0.441. The van der Waals surface area contributed by atoms with Gasteiger partial charge in [-0.1, -0.05) is 58.2 Å². The van der Waals surface area contributed by atoms with Gasteiger partial charge in [0.15, 0.2) is 5.12 Å². The zero-order chi connectivity index (χ0) is 40.3. The molecule has 56 heavy (non-hydrogen) atoms. The molecule has 11 unspecified atom stereocenters. The highest BCUT2D eigenvalue weighted by molar-refractivity contribution is 8.14. The van der Waals surface area contributed by atoms with Crippen LogP contribution in [0, 0.1) is 11.6 Å². The summed E-state index contributed by atoms with van der Waals surface area (Å²) in [7, 11) is 0. The van der Waals surface area contributed by atoms with Crippen LogP contribution in [0.5, 0.6) is 0 Å². The average molecular weight is 823 g/mol. The second-order valence-electron chi connectivity index (χ2n) is 12.9. The van der Waals surface area contributed by atoms with Crippen LogP contribution in [0.3, 0.4) is 0 Å². The number of aliphatic hydroxyl groups is 5. The minimum absolute atomic E-state index is 0.171. The number of nitrogens with zero attached hydrogens (tertiary/aromatic N) is 6. The number of esters is 1. The number of carbonyl (C=O) groups excluding carboxylic acids is 2. The molecular formula is C34H36F2N6O12S2. The first kappa shape index (κ1) is 41.2. The standard InChI is InChI=1S/C34H36F2N6O12S2/c1-15(44)55-24(32(50)51)10-25(45)52-14-23-29(47)27(42-12-21(38-40-42)17-5-3-7-19(36)9-17)31(49)34(54-23)56-33-30(48)26(28(46)22(13-43)53-33)41-11-20(37-39-41)16-4-2-6-18(35)8-16/h2-9,11-12,22-24,26-31,33-34,43,46-49H,10,13-14H2,1H3,(H,50,51). The summed E-state index contributed by atoms with van der Waals surface area (Å²) in [6.45, 7) is -0.263. The van der Waals surface area contributed by atoms with Gasteiger partial charge in [0, 0.05) is 18.1 Å². The van der Waals surface area contributed by atoms with Crippen LogP contribution in [0.2, 0.25) is 0 Å². The van der Waals surface area contributed by atoms with E-state index in [0.717, 1.165) is 16.3 Å². The van der Waals surface area contributed by atoms with Gasteiger partial charge in [-0.2, -0.15) is 0 Å². The van der Waals surface area contributed by atoms with Crippen LogP contribution in [-0.2, 0) is 28.6 Å². The SMILES string of the molecule is CC(=O)SC(CC(=O)OCC1OC(SC2OC(CO)C(O)C(n3cc(-c4cccc(F)c4)nn3)C2O)C(O)C(n2cc(-c3cccc(F)c3)nn2)C1O)C(=O)O. The summed E-state index contributed by atoms with van der Waals surface area (Å²) in [5.74, 6) is -3.56. The molecule has 4 heterocycles. The van der Waals surface area contributed by atoms with Crippen LogP contribution < -0.4 is 0 Å². The molecule has 2 aliphatic heterocycles. The van der Waals surface area contributed by atoms with Gasteiger partial charge in [0.2, 0.25) is 0 Å². The van der Waals surface area contributed by atoms with E-state index in [2.05, 4.69) is 20.6 Å². The number of aromatic nitrogens is 6. The number of rotatable bonds is 13. The van der Waals surface area contributed by atoms with Crippen molar-refractivity contribution in [2.24, 2.45) is 0 Å². The molecule has 2 aliphatic rings. The molecule has 0 amide bonds. The predicted octanol–water partition coefficient (Wildman–Crippen LogP) is 0.549. The van der Waals surface area contributed by atoms with Crippen LogP contribution >= 0.6 is 23.5 Å². The first-order valence-electron chi connectivity index (χ1n) is 16.9. The van der Waals surface area contributed by atoms with E-state index in [-0.39, 0.29) is 11.4 Å². The Morgan fingerprint density at radius 1 is 0.821 bits per heavy atom. The van der Waals surface area contributed by atoms with Gasteiger partial charge in [0.25, 0.3) is 0 Å². The molecule has 2 aromatic heterocycles. The number of hydrogen-bond donors (Lipinski definition) is 6. The Balaban J connectivity index is 1.26. The molecule has 6 N–H and O–H groups in total. The van der Waals surface area contributed by atoms with Crippen molar-refractivity contribution in [2.75, 3.05) is 13.2 Å². The Bertz CT molecular complexity index is 2030. The predicted molar refractivity (Wildman–Crippen MR) is 190 cm³/mol. The molecular weight excluding hydrogens is 787 g/mol. The third-order valence-corrected chi connectivity index (χ3v) is 11.3. The second kappa shape index (κ2) is 17.8. The highest BCUT2D eigenvalue weighted by atomic mass is 32.2. The monoisotopic (exact) mass is 822 g/mol. The van der Waals surface area contributed by atoms with Crippen molar-refractivity contribution in [1.29, 1.82) is 0 Å². The molecule has 4 aromatic rings. The number of ether oxygens (including phenoxy) is 3. The van der Waals surface area contributed by atoms with E-state index < -0.39 is 113 Å². The maximum atomic E-state index is 14.0. The van der Waals surface area contributed by atoms with E-state index in [1.807, 2.05) is 0 Å². The molecule has 2 fully saturated rings. The summed E-state index contributed by atoms with van der Waals surface area (Å²) in [5, 5.41) is 79.7.